The summed E-state index contributed by atoms with van der Waals surface area (Å²) in [6.45, 7) is 4.31. The normalized spacial score (nSPS) is 28.4. The monoisotopic (exact) mass is 223 g/mol. The van der Waals surface area contributed by atoms with E-state index in [2.05, 4.69) is 19.2 Å². The van der Waals surface area contributed by atoms with Crippen LogP contribution in [0.15, 0.2) is 0 Å². The Bertz CT molecular complexity index is 179. The lowest BCUT2D eigenvalue weighted by Crippen LogP contribution is -2.47. The second-order valence-electron chi connectivity index (χ2n) is 4.41. The van der Waals surface area contributed by atoms with E-state index >= 15 is 0 Å². The van der Waals surface area contributed by atoms with Crippen molar-refractivity contribution in [2.75, 3.05) is 6.54 Å². The van der Waals surface area contributed by atoms with Crippen LogP contribution in [-0.2, 0) is 0 Å². The van der Waals surface area contributed by atoms with Crippen LogP contribution in [0, 0.1) is 11.8 Å². The Labute approximate surface area is 89.4 Å². The number of piperidine rings is 1. The lowest BCUT2D eigenvalue weighted by molar-refractivity contribution is -0.180. The summed E-state index contributed by atoms with van der Waals surface area (Å²) in [5.41, 5.74) is 0. The van der Waals surface area contributed by atoms with Gasteiger partial charge in [0.05, 0.1) is 5.92 Å². The highest BCUT2D eigenvalue weighted by Gasteiger charge is 2.42. The van der Waals surface area contributed by atoms with E-state index in [0.717, 1.165) is 12.8 Å². The van der Waals surface area contributed by atoms with Crippen LogP contribution in [-0.4, -0.2) is 18.8 Å². The van der Waals surface area contributed by atoms with Gasteiger partial charge >= 0.3 is 6.18 Å². The summed E-state index contributed by atoms with van der Waals surface area (Å²) in [5, 5.41) is 3.06. The predicted molar refractivity (Wildman–Crippen MR) is 54.6 cm³/mol. The predicted octanol–water partition coefficient (Wildman–Crippen LogP) is 3.35. The molecule has 1 nitrogen and oxygen atoms in total. The molecule has 1 fully saturated rings. The summed E-state index contributed by atoms with van der Waals surface area (Å²) in [5.74, 6) is -0.609. The molecule has 0 aliphatic carbocycles. The highest BCUT2D eigenvalue weighted by Crippen LogP contribution is 2.33. The largest absolute Gasteiger partial charge is 0.393 e. The van der Waals surface area contributed by atoms with E-state index in [4.69, 9.17) is 0 Å². The van der Waals surface area contributed by atoms with Crippen LogP contribution in [0.1, 0.15) is 39.5 Å². The topological polar surface area (TPSA) is 12.0 Å². The molecule has 2 atom stereocenters. The summed E-state index contributed by atoms with van der Waals surface area (Å²) >= 11 is 0. The van der Waals surface area contributed by atoms with Crippen molar-refractivity contribution < 1.29 is 13.2 Å². The summed E-state index contributed by atoms with van der Waals surface area (Å²) < 4.78 is 37.2. The Kier molecular flexibility index (Phi) is 4.44. The van der Waals surface area contributed by atoms with Crippen LogP contribution in [0.25, 0.3) is 0 Å². The van der Waals surface area contributed by atoms with Gasteiger partial charge in [0.1, 0.15) is 0 Å². The molecule has 1 aliphatic rings. The molecule has 90 valence electrons. The number of hydrogen-bond acceptors (Lipinski definition) is 1. The van der Waals surface area contributed by atoms with Crippen molar-refractivity contribution in [3.8, 4) is 0 Å². The Morgan fingerprint density at radius 2 is 1.80 bits per heavy atom. The van der Waals surface area contributed by atoms with E-state index < -0.39 is 12.1 Å². The Morgan fingerprint density at radius 3 is 2.13 bits per heavy atom. The van der Waals surface area contributed by atoms with Crippen molar-refractivity contribution in [1.82, 2.24) is 5.32 Å². The molecule has 0 amide bonds. The van der Waals surface area contributed by atoms with Crippen LogP contribution < -0.4 is 5.32 Å². The molecule has 0 aromatic rings. The molecule has 0 saturated carbocycles. The van der Waals surface area contributed by atoms with Gasteiger partial charge in [0, 0.05) is 12.6 Å². The SMILES string of the molecule is CCC(CC)C1CCC(C(F)(F)F)CN1. The van der Waals surface area contributed by atoms with Crippen LogP contribution in [0.4, 0.5) is 13.2 Å². The van der Waals surface area contributed by atoms with Gasteiger partial charge in [-0.1, -0.05) is 26.7 Å². The van der Waals surface area contributed by atoms with Crippen molar-refractivity contribution >= 4 is 0 Å². The summed E-state index contributed by atoms with van der Waals surface area (Å²) in [6.07, 6.45) is -0.976. The van der Waals surface area contributed by atoms with E-state index in [9.17, 15) is 13.2 Å². The number of alkyl halides is 3. The zero-order valence-electron chi connectivity index (χ0n) is 9.40. The molecule has 0 aromatic carbocycles. The van der Waals surface area contributed by atoms with Crippen molar-refractivity contribution in [2.24, 2.45) is 11.8 Å². The second kappa shape index (κ2) is 5.19. The van der Waals surface area contributed by atoms with E-state index in [1.807, 2.05) is 0 Å². The molecule has 0 bridgehead atoms. The maximum absolute atomic E-state index is 12.4. The van der Waals surface area contributed by atoms with Crippen molar-refractivity contribution in [3.63, 3.8) is 0 Å². The van der Waals surface area contributed by atoms with Gasteiger partial charge in [0.25, 0.3) is 0 Å². The molecule has 0 spiro atoms. The Hall–Kier alpha value is -0.250. The quantitative estimate of drug-likeness (QED) is 0.773. The molecule has 0 aromatic heterocycles. The fraction of sp³-hybridized carbons (Fsp3) is 1.00. The molecule has 2 unspecified atom stereocenters. The van der Waals surface area contributed by atoms with E-state index in [0.29, 0.717) is 18.4 Å². The minimum absolute atomic E-state index is 0.102. The van der Waals surface area contributed by atoms with Crippen molar-refractivity contribution in [1.29, 1.82) is 0 Å². The molecule has 15 heavy (non-hydrogen) atoms. The Balaban J connectivity index is 2.42. The van der Waals surface area contributed by atoms with E-state index in [-0.39, 0.29) is 13.0 Å². The molecule has 1 N–H and O–H groups in total. The lowest BCUT2D eigenvalue weighted by Gasteiger charge is -2.35. The van der Waals surface area contributed by atoms with Crippen molar-refractivity contribution in [2.45, 2.75) is 51.7 Å². The standard InChI is InChI=1S/C11H20F3N/c1-3-8(4-2)10-6-5-9(7-15-10)11(12,13)14/h8-10,15H,3-7H2,1-2H3. The first-order valence-corrected chi connectivity index (χ1v) is 5.79. The number of nitrogens with one attached hydrogen (secondary N) is 1. The van der Waals surface area contributed by atoms with Gasteiger partial charge in [0.2, 0.25) is 0 Å². The average molecular weight is 223 g/mol. The fourth-order valence-electron chi connectivity index (χ4n) is 2.42. The minimum Gasteiger partial charge on any atom is -0.313 e. The molecular formula is C11H20F3N. The zero-order chi connectivity index (χ0) is 11.5. The summed E-state index contributed by atoms with van der Waals surface area (Å²) in [4.78, 5) is 0. The highest BCUT2D eigenvalue weighted by atomic mass is 19.4. The first-order chi connectivity index (χ1) is 6.99. The van der Waals surface area contributed by atoms with Gasteiger partial charge in [-0.25, -0.2) is 0 Å². The number of rotatable bonds is 3. The third kappa shape index (κ3) is 3.37. The molecule has 0 radical (unpaired) electrons. The molecule has 1 saturated heterocycles. The maximum Gasteiger partial charge on any atom is 0.393 e. The van der Waals surface area contributed by atoms with E-state index in [1.165, 1.54) is 0 Å². The second-order valence-corrected chi connectivity index (χ2v) is 4.41. The van der Waals surface area contributed by atoms with Gasteiger partial charge in [-0.15, -0.1) is 0 Å². The number of halogens is 3. The van der Waals surface area contributed by atoms with Gasteiger partial charge in [-0.3, -0.25) is 0 Å². The summed E-state index contributed by atoms with van der Waals surface area (Å²) in [7, 11) is 0. The first-order valence-electron chi connectivity index (χ1n) is 5.79. The Morgan fingerprint density at radius 1 is 1.20 bits per heavy atom. The van der Waals surface area contributed by atoms with Crippen molar-refractivity contribution in [3.05, 3.63) is 0 Å². The highest BCUT2D eigenvalue weighted by molar-refractivity contribution is 4.84. The molecule has 4 heteroatoms. The maximum atomic E-state index is 12.4. The van der Waals surface area contributed by atoms with Gasteiger partial charge in [0.15, 0.2) is 0 Å². The first kappa shape index (κ1) is 12.8. The van der Waals surface area contributed by atoms with Gasteiger partial charge < -0.3 is 5.32 Å². The molecule has 1 heterocycles. The fourth-order valence-corrected chi connectivity index (χ4v) is 2.42. The third-order valence-corrected chi connectivity index (χ3v) is 3.53. The van der Waals surface area contributed by atoms with Crippen LogP contribution in [0.3, 0.4) is 0 Å². The van der Waals surface area contributed by atoms with Crippen LogP contribution in [0.2, 0.25) is 0 Å². The minimum atomic E-state index is -4.02. The molecular weight excluding hydrogens is 203 g/mol. The zero-order valence-corrected chi connectivity index (χ0v) is 9.40. The lowest BCUT2D eigenvalue weighted by atomic mass is 9.85. The third-order valence-electron chi connectivity index (χ3n) is 3.53. The smallest absolute Gasteiger partial charge is 0.313 e. The van der Waals surface area contributed by atoms with Gasteiger partial charge in [-0.05, 0) is 18.8 Å². The molecule has 1 aliphatic heterocycles. The summed E-state index contributed by atoms with van der Waals surface area (Å²) in [6, 6.07) is 0.290. The van der Waals surface area contributed by atoms with E-state index in [1.54, 1.807) is 0 Å². The van der Waals surface area contributed by atoms with Gasteiger partial charge in [-0.2, -0.15) is 13.2 Å². The average Bonchev–Trinajstić information content (AvgIpc) is 2.19. The van der Waals surface area contributed by atoms with Crippen LogP contribution in [0.5, 0.6) is 0 Å². The number of hydrogen-bond donors (Lipinski definition) is 1. The van der Waals surface area contributed by atoms with Crippen LogP contribution >= 0.6 is 0 Å². The molecule has 1 rings (SSSR count).